The third-order valence-corrected chi connectivity index (χ3v) is 7.90. The van der Waals surface area contributed by atoms with Crippen LogP contribution in [0.1, 0.15) is 5.56 Å². The molecule has 0 aliphatic rings. The first kappa shape index (κ1) is 25.8. The summed E-state index contributed by atoms with van der Waals surface area (Å²) in [6.07, 6.45) is 1.49. The van der Waals surface area contributed by atoms with Gasteiger partial charge in [0.05, 0.1) is 18.1 Å². The van der Waals surface area contributed by atoms with Crippen LogP contribution in [-0.2, 0) is 39.8 Å². The van der Waals surface area contributed by atoms with E-state index in [0.29, 0.717) is 0 Å². The minimum atomic E-state index is 0. The number of benzene rings is 6. The van der Waals surface area contributed by atoms with Crippen molar-refractivity contribution in [1.82, 2.24) is 9.55 Å². The predicted octanol–water partition coefficient (Wildman–Crippen LogP) is 8.14. The minimum absolute atomic E-state index is 0. The first-order chi connectivity index (χ1) is 19.7. The topological polar surface area (TPSA) is 34.8 Å². The molecule has 6 aromatic carbocycles. The van der Waals surface area contributed by atoms with E-state index < -0.39 is 0 Å². The molecule has 0 saturated heterocycles. The average molecular weight is 604 g/mol. The maximum absolute atomic E-state index is 5.72. The molecular formula is C36H24N3OY-. The largest absolute Gasteiger partial charge is 0.480 e. The Morgan fingerprint density at radius 2 is 1.49 bits per heavy atom. The van der Waals surface area contributed by atoms with Gasteiger partial charge in [-0.25, -0.2) is 9.55 Å². The summed E-state index contributed by atoms with van der Waals surface area (Å²) < 4.78 is 10.4. The quantitative estimate of drug-likeness (QED) is 0.151. The van der Waals surface area contributed by atoms with Crippen molar-refractivity contribution in [3.05, 3.63) is 127 Å². The Balaban J connectivity index is 0.00000276. The van der Waals surface area contributed by atoms with Crippen LogP contribution < -0.4 is 4.57 Å². The number of hydrogen-bond acceptors (Lipinski definition) is 2. The summed E-state index contributed by atoms with van der Waals surface area (Å²) in [5.74, 6) is 1.08. The molecule has 8 aromatic rings. The van der Waals surface area contributed by atoms with Gasteiger partial charge in [0.25, 0.3) is 0 Å². The number of aromatic nitrogens is 3. The molecule has 0 bridgehead atoms. The van der Waals surface area contributed by atoms with Crippen molar-refractivity contribution < 1.29 is 41.7 Å². The molecule has 0 N–H and O–H groups in total. The molecule has 2 aromatic heterocycles. The number of para-hydroxylation sites is 1. The standard InChI is InChI=1S/C36H24N3O.Y/c1-23-12-13-26(27-15-14-25-16-18-32-35(31(25)21-27)40-22-37-32)20-30(23)36-38(2)33-19-17-24-8-6-7-11-29(24)34(33)39(36)28-9-4-3-5-10-28;/h3-19,22H,1-2H3;/q-1;. The van der Waals surface area contributed by atoms with Crippen LogP contribution in [0.25, 0.3) is 71.9 Å². The van der Waals surface area contributed by atoms with Gasteiger partial charge in [-0.1, -0.05) is 60.2 Å². The summed E-state index contributed by atoms with van der Waals surface area (Å²) in [7, 11) is 2.15. The normalized spacial score (nSPS) is 11.5. The number of nitrogens with zero attached hydrogens (tertiary/aromatic N) is 3. The molecular weight excluding hydrogens is 579 g/mol. The average Bonchev–Trinajstić information content (AvgIpc) is 3.61. The maximum Gasteiger partial charge on any atom is 0.229 e. The minimum Gasteiger partial charge on any atom is -0.480 e. The van der Waals surface area contributed by atoms with Crippen molar-refractivity contribution in [3.63, 3.8) is 0 Å². The van der Waals surface area contributed by atoms with E-state index in [1.807, 2.05) is 6.07 Å². The summed E-state index contributed by atoms with van der Waals surface area (Å²) in [6, 6.07) is 43.6. The number of imidazole rings is 1. The molecule has 0 spiro atoms. The first-order valence-corrected chi connectivity index (χ1v) is 13.4. The number of fused-ring (bicyclic) bond motifs is 6. The monoisotopic (exact) mass is 603 g/mol. The summed E-state index contributed by atoms with van der Waals surface area (Å²) in [5.41, 5.74) is 9.21. The van der Waals surface area contributed by atoms with E-state index in [0.717, 1.165) is 55.6 Å². The second-order valence-corrected chi connectivity index (χ2v) is 10.2. The Kier molecular flexibility index (Phi) is 6.34. The van der Waals surface area contributed by atoms with Crippen LogP contribution in [0.15, 0.2) is 114 Å². The van der Waals surface area contributed by atoms with E-state index in [1.54, 1.807) is 0 Å². The van der Waals surface area contributed by atoms with Crippen molar-refractivity contribution in [2.45, 2.75) is 6.92 Å². The zero-order valence-electron chi connectivity index (χ0n) is 22.7. The van der Waals surface area contributed by atoms with Gasteiger partial charge in [0.1, 0.15) is 5.69 Å². The van der Waals surface area contributed by atoms with E-state index in [1.165, 1.54) is 28.2 Å². The number of hydrogen-bond donors (Lipinski definition) is 0. The van der Waals surface area contributed by atoms with Crippen molar-refractivity contribution in [2.75, 3.05) is 0 Å². The van der Waals surface area contributed by atoms with Gasteiger partial charge < -0.3 is 4.42 Å². The molecule has 4 nitrogen and oxygen atoms in total. The molecule has 193 valence electrons. The van der Waals surface area contributed by atoms with Gasteiger partial charge in [0, 0.05) is 38.1 Å². The predicted molar refractivity (Wildman–Crippen MR) is 160 cm³/mol. The third-order valence-electron chi connectivity index (χ3n) is 7.90. The van der Waals surface area contributed by atoms with Crippen LogP contribution in [0.4, 0.5) is 0 Å². The molecule has 0 unspecified atom stereocenters. The Hall–Kier alpha value is -4.12. The molecule has 1 radical (unpaired) electrons. The summed E-state index contributed by atoms with van der Waals surface area (Å²) in [4.78, 5) is 4.33. The van der Waals surface area contributed by atoms with E-state index in [9.17, 15) is 0 Å². The van der Waals surface area contributed by atoms with Gasteiger partial charge >= 0.3 is 0 Å². The van der Waals surface area contributed by atoms with Gasteiger partial charge in [0.2, 0.25) is 5.82 Å². The van der Waals surface area contributed by atoms with Crippen molar-refractivity contribution in [1.29, 1.82) is 0 Å². The number of oxazole rings is 1. The fraction of sp³-hybridized carbons (Fsp3) is 0.0556. The second kappa shape index (κ2) is 10.1. The molecule has 41 heavy (non-hydrogen) atoms. The van der Waals surface area contributed by atoms with Crippen LogP contribution >= 0.6 is 0 Å². The SMILES string of the molecule is Cc1ccc(-c2[c-]c3c(cc2)ccc2ncoc23)[c-]c1-c1n(-c2ccccc2)c2c3ccccc3ccc2[n+]1C.[Y]. The number of aryl methyl sites for hydroxylation is 2. The first-order valence-electron chi connectivity index (χ1n) is 13.4. The molecule has 0 aliphatic carbocycles. The Morgan fingerprint density at radius 3 is 2.37 bits per heavy atom. The number of rotatable bonds is 3. The van der Waals surface area contributed by atoms with Crippen LogP contribution in [0.3, 0.4) is 0 Å². The molecule has 8 rings (SSSR count). The molecule has 2 heterocycles. The smallest absolute Gasteiger partial charge is 0.229 e. The second-order valence-electron chi connectivity index (χ2n) is 10.2. The molecule has 0 amide bonds. The fourth-order valence-corrected chi connectivity index (χ4v) is 5.90. The van der Waals surface area contributed by atoms with E-state index in [2.05, 4.69) is 137 Å². The molecule has 0 aliphatic heterocycles. The van der Waals surface area contributed by atoms with Crippen LogP contribution in [0, 0.1) is 19.1 Å². The zero-order valence-corrected chi connectivity index (χ0v) is 25.6. The van der Waals surface area contributed by atoms with Gasteiger partial charge in [-0.2, -0.15) is 29.3 Å². The van der Waals surface area contributed by atoms with E-state index >= 15 is 0 Å². The third kappa shape index (κ3) is 4.05. The fourth-order valence-electron chi connectivity index (χ4n) is 5.90. The van der Waals surface area contributed by atoms with Gasteiger partial charge in [-0.3, -0.25) is 4.57 Å². The van der Waals surface area contributed by atoms with Crippen LogP contribution in [0.2, 0.25) is 0 Å². The van der Waals surface area contributed by atoms with Gasteiger partial charge in [0.15, 0.2) is 17.4 Å². The van der Waals surface area contributed by atoms with Gasteiger partial charge in [-0.15, -0.1) is 23.8 Å². The summed E-state index contributed by atoms with van der Waals surface area (Å²) in [5, 5.41) is 4.44. The Labute approximate surface area is 262 Å². The maximum atomic E-state index is 5.72. The molecule has 0 fully saturated rings. The summed E-state index contributed by atoms with van der Waals surface area (Å²) in [6.45, 7) is 2.16. The zero-order chi connectivity index (χ0) is 26.8. The van der Waals surface area contributed by atoms with Crippen molar-refractivity contribution >= 4 is 43.7 Å². The molecule has 5 heteroatoms. The molecule has 0 saturated carbocycles. The van der Waals surface area contributed by atoms with Crippen LogP contribution in [0.5, 0.6) is 0 Å². The Bertz CT molecular complexity index is 2250. The van der Waals surface area contributed by atoms with Gasteiger partial charge in [-0.05, 0) is 47.3 Å². The van der Waals surface area contributed by atoms with E-state index in [4.69, 9.17) is 4.42 Å². The molecule has 0 atom stereocenters. The Morgan fingerprint density at radius 1 is 0.756 bits per heavy atom. The van der Waals surface area contributed by atoms with E-state index in [-0.39, 0.29) is 32.7 Å². The van der Waals surface area contributed by atoms with Crippen LogP contribution in [-0.4, -0.2) is 9.55 Å². The van der Waals surface area contributed by atoms with Crippen molar-refractivity contribution in [2.24, 2.45) is 7.05 Å². The summed E-state index contributed by atoms with van der Waals surface area (Å²) >= 11 is 0. The van der Waals surface area contributed by atoms with Crippen molar-refractivity contribution in [3.8, 4) is 28.2 Å².